The summed E-state index contributed by atoms with van der Waals surface area (Å²) in [6.07, 6.45) is -6.88. The molecule has 14 unspecified atom stereocenters. The van der Waals surface area contributed by atoms with E-state index in [1.165, 1.54) is 25.5 Å². The van der Waals surface area contributed by atoms with Crippen LogP contribution in [0.25, 0.3) is 0 Å². The number of furan rings is 1. The van der Waals surface area contributed by atoms with E-state index in [0.717, 1.165) is 41.7 Å². The fourth-order valence-electron chi connectivity index (χ4n) is 12.0. The maximum Gasteiger partial charge on any atom is 0.347 e. The van der Waals surface area contributed by atoms with Crippen LogP contribution in [0.2, 0.25) is 0 Å². The average Bonchev–Trinajstić information content (AvgIpc) is 3.71. The van der Waals surface area contributed by atoms with Gasteiger partial charge in [-0.25, -0.2) is 4.79 Å². The van der Waals surface area contributed by atoms with Crippen molar-refractivity contribution in [3.63, 3.8) is 0 Å². The minimum Gasteiger partial charge on any atom is -0.472 e. The quantitative estimate of drug-likeness (QED) is 0.283. The van der Waals surface area contributed by atoms with Gasteiger partial charge < -0.3 is 47.8 Å². The lowest BCUT2D eigenvalue weighted by atomic mass is 9.34. The first kappa shape index (κ1) is 39.2. The van der Waals surface area contributed by atoms with Gasteiger partial charge in [0.15, 0.2) is 0 Å². The molecule has 4 aliphatic carbocycles. The van der Waals surface area contributed by atoms with Crippen LogP contribution in [0.5, 0.6) is 0 Å². The summed E-state index contributed by atoms with van der Waals surface area (Å²) in [5, 5.41) is 27.8. The maximum atomic E-state index is 13.9. The lowest BCUT2D eigenvalue weighted by Crippen LogP contribution is -2.90. The van der Waals surface area contributed by atoms with Crippen molar-refractivity contribution in [2.24, 2.45) is 34.0 Å². The molecule has 17 heteroatoms. The van der Waals surface area contributed by atoms with E-state index in [-0.39, 0.29) is 6.42 Å². The molecule has 1 aromatic rings. The van der Waals surface area contributed by atoms with Crippen LogP contribution in [-0.4, -0.2) is 100 Å². The van der Waals surface area contributed by atoms with E-state index in [1.807, 2.05) is 0 Å². The molecule has 2 N–H and O–H groups in total. The fourth-order valence-corrected chi connectivity index (χ4v) is 12.0. The predicted molar refractivity (Wildman–Crippen MR) is 175 cm³/mol. The molecule has 0 spiro atoms. The second-order valence-corrected chi connectivity index (χ2v) is 16.0. The minimum atomic E-state index is -2.78. The number of methoxy groups -OCH3 is 1. The van der Waals surface area contributed by atoms with Crippen LogP contribution in [0.1, 0.15) is 86.3 Å². The molecule has 0 amide bonds. The summed E-state index contributed by atoms with van der Waals surface area (Å²) in [5.74, 6) is -10.9. The van der Waals surface area contributed by atoms with Crippen LogP contribution in [0.15, 0.2) is 23.0 Å². The summed E-state index contributed by atoms with van der Waals surface area (Å²) in [4.78, 5) is 92.7. The largest absolute Gasteiger partial charge is 0.472 e. The first-order chi connectivity index (χ1) is 25.0. The van der Waals surface area contributed by atoms with Crippen molar-refractivity contribution in [3.05, 3.63) is 24.2 Å². The van der Waals surface area contributed by atoms with Crippen molar-refractivity contribution in [3.8, 4) is 0 Å². The molecule has 2 bridgehead atoms. The Morgan fingerprint density at radius 1 is 0.870 bits per heavy atom. The fraction of sp³-hybridized carbons (Fsp3) is 0.703. The third kappa shape index (κ3) is 4.85. The number of fused-ring (bicyclic) bond motifs is 5. The Bertz CT molecular complexity index is 1790. The van der Waals surface area contributed by atoms with Crippen molar-refractivity contribution >= 4 is 41.8 Å². The molecule has 6 rings (SSSR count). The number of ether oxygens (including phenoxy) is 7. The Balaban J connectivity index is 1.77. The summed E-state index contributed by atoms with van der Waals surface area (Å²) in [6, 6.07) is 1.51. The van der Waals surface area contributed by atoms with Crippen LogP contribution < -0.4 is 0 Å². The highest BCUT2D eigenvalue weighted by molar-refractivity contribution is 5.80. The smallest absolute Gasteiger partial charge is 0.347 e. The number of carbonyl (C=O) groups excluding carboxylic acids is 7. The van der Waals surface area contributed by atoms with Gasteiger partial charge in [0.05, 0.1) is 37.4 Å². The number of esters is 7. The minimum absolute atomic E-state index is 0.284. The van der Waals surface area contributed by atoms with Crippen LogP contribution in [0, 0.1) is 34.0 Å². The third-order valence-corrected chi connectivity index (χ3v) is 13.4. The van der Waals surface area contributed by atoms with Gasteiger partial charge in [0.2, 0.25) is 6.10 Å². The van der Waals surface area contributed by atoms with Gasteiger partial charge in [0.25, 0.3) is 0 Å². The van der Waals surface area contributed by atoms with Gasteiger partial charge >= 0.3 is 41.8 Å². The molecule has 17 nitrogen and oxygen atoms in total. The molecule has 1 aliphatic heterocycles. The molecule has 4 saturated carbocycles. The van der Waals surface area contributed by atoms with E-state index in [0.29, 0.717) is 5.56 Å². The second-order valence-electron chi connectivity index (χ2n) is 16.0. The zero-order valence-electron chi connectivity index (χ0n) is 31.5. The Morgan fingerprint density at radius 2 is 1.48 bits per heavy atom. The van der Waals surface area contributed by atoms with Crippen molar-refractivity contribution in [1.82, 2.24) is 0 Å². The van der Waals surface area contributed by atoms with Gasteiger partial charge in [0.1, 0.15) is 41.2 Å². The predicted octanol–water partition coefficient (Wildman–Crippen LogP) is 1.63. The van der Waals surface area contributed by atoms with E-state index in [2.05, 4.69) is 0 Å². The molecule has 1 saturated heterocycles. The lowest BCUT2D eigenvalue weighted by Gasteiger charge is -2.75. The number of hydrogen-bond acceptors (Lipinski definition) is 17. The zero-order valence-corrected chi connectivity index (χ0v) is 31.5. The Morgan fingerprint density at radius 3 is 2.00 bits per heavy atom. The molecule has 14 atom stereocenters. The Labute approximate surface area is 310 Å². The highest BCUT2D eigenvalue weighted by atomic mass is 16.6. The van der Waals surface area contributed by atoms with Crippen molar-refractivity contribution < 1.29 is 81.4 Å². The number of hydrogen-bond donors (Lipinski definition) is 2. The maximum absolute atomic E-state index is 13.9. The third-order valence-electron chi connectivity index (χ3n) is 13.4. The van der Waals surface area contributed by atoms with Gasteiger partial charge in [0, 0.05) is 69.3 Å². The second kappa shape index (κ2) is 12.5. The van der Waals surface area contributed by atoms with Gasteiger partial charge in [-0.1, -0.05) is 20.8 Å². The average molecular weight is 763 g/mol. The summed E-state index contributed by atoms with van der Waals surface area (Å²) < 4.78 is 46.3. The van der Waals surface area contributed by atoms with Gasteiger partial charge in [-0.2, -0.15) is 0 Å². The van der Waals surface area contributed by atoms with Gasteiger partial charge in [-0.3, -0.25) is 28.8 Å². The SMILES string of the molecule is COC(=O)C(OC(C)=O)C1C2(C)CC3(OC(C)=O)C(C2OC(C)=O)C(OC(C)=O)C2(O)C4CC(=O)OC(c5ccoc5)C4(C)C(OC(C)=O)CC2(O)C13C. The van der Waals surface area contributed by atoms with Crippen LogP contribution >= 0.6 is 0 Å². The molecule has 54 heavy (non-hydrogen) atoms. The highest BCUT2D eigenvalue weighted by Crippen LogP contribution is 2.83. The molecule has 2 heterocycles. The normalized spacial score (nSPS) is 43.3. The van der Waals surface area contributed by atoms with E-state index in [1.54, 1.807) is 13.8 Å². The first-order valence-electron chi connectivity index (χ1n) is 17.6. The molecule has 1 aromatic heterocycles. The van der Waals surface area contributed by atoms with E-state index in [4.69, 9.17) is 37.6 Å². The standard InChI is InChI=1S/C37H46O17/c1-16(38)49-23-13-36(45)34(8)27(26(31(44)47-9)50-17(2)39)32(6)15-35(34,54-20(5)42)25(29(32)51-18(3)40)30(52-19(4)41)37(36,46)22-12-24(43)53-28(33(22,23)7)21-10-11-48-14-21/h10-11,14,22-23,25-30,45-46H,12-13,15H2,1-9H3. The van der Waals surface area contributed by atoms with E-state index >= 15 is 0 Å². The Hall–Kier alpha value is -4.51. The van der Waals surface area contributed by atoms with Crippen LogP contribution in [0.3, 0.4) is 0 Å². The molecular formula is C37H46O17. The van der Waals surface area contributed by atoms with E-state index < -0.39 is 136 Å². The summed E-state index contributed by atoms with van der Waals surface area (Å²) >= 11 is 0. The lowest BCUT2D eigenvalue weighted by molar-refractivity contribution is -0.418. The number of cyclic esters (lactones) is 1. The molecule has 296 valence electrons. The molecule has 0 aromatic carbocycles. The van der Waals surface area contributed by atoms with Gasteiger partial charge in [-0.05, 0) is 12.5 Å². The molecular weight excluding hydrogens is 716 g/mol. The summed E-state index contributed by atoms with van der Waals surface area (Å²) in [5.41, 5.74) is -12.6. The van der Waals surface area contributed by atoms with Crippen LogP contribution in [-0.2, 0) is 66.7 Å². The summed E-state index contributed by atoms with van der Waals surface area (Å²) in [6.45, 7) is 10.0. The van der Waals surface area contributed by atoms with E-state index in [9.17, 15) is 43.8 Å². The number of aliphatic hydroxyl groups is 2. The highest BCUT2D eigenvalue weighted by Gasteiger charge is 2.96. The first-order valence-corrected chi connectivity index (χ1v) is 17.6. The number of rotatable bonds is 8. The molecule has 5 aliphatic rings. The molecule has 5 fully saturated rings. The summed E-state index contributed by atoms with van der Waals surface area (Å²) in [7, 11) is 1.04. The van der Waals surface area contributed by atoms with Gasteiger partial charge in [-0.15, -0.1) is 0 Å². The van der Waals surface area contributed by atoms with Crippen molar-refractivity contribution in [1.29, 1.82) is 0 Å². The molecule has 0 radical (unpaired) electrons. The van der Waals surface area contributed by atoms with Crippen molar-refractivity contribution in [2.75, 3.05) is 7.11 Å². The van der Waals surface area contributed by atoms with Crippen LogP contribution in [0.4, 0.5) is 0 Å². The Kier molecular flexibility index (Phi) is 9.08. The number of carbonyl (C=O) groups is 7. The zero-order chi connectivity index (χ0) is 40.1. The van der Waals surface area contributed by atoms with Crippen molar-refractivity contribution in [2.45, 2.75) is 122 Å². The topological polar surface area (TPSA) is 238 Å². The monoisotopic (exact) mass is 762 g/mol.